The van der Waals surface area contributed by atoms with Gasteiger partial charge in [0.15, 0.2) is 0 Å². The van der Waals surface area contributed by atoms with Crippen molar-refractivity contribution in [1.29, 1.82) is 0 Å². The van der Waals surface area contributed by atoms with E-state index in [9.17, 15) is 14.7 Å². The summed E-state index contributed by atoms with van der Waals surface area (Å²) in [6.45, 7) is 7.03. The Balaban J connectivity index is 2.15. The van der Waals surface area contributed by atoms with Gasteiger partial charge in [-0.2, -0.15) is 0 Å². The highest BCUT2D eigenvalue weighted by Crippen LogP contribution is 2.41. The second-order valence-electron chi connectivity index (χ2n) is 6.70. The number of aliphatic carboxylic acids is 1. The van der Waals surface area contributed by atoms with Crippen molar-refractivity contribution in [2.24, 2.45) is 17.8 Å². The fourth-order valence-electron chi connectivity index (χ4n) is 3.74. The van der Waals surface area contributed by atoms with Crippen LogP contribution in [-0.4, -0.2) is 34.0 Å². The summed E-state index contributed by atoms with van der Waals surface area (Å²) in [5.41, 5.74) is -0.107. The number of rotatable bonds is 3. The number of hydrogen-bond donors (Lipinski definition) is 1. The minimum Gasteiger partial charge on any atom is -0.481 e. The van der Waals surface area contributed by atoms with E-state index in [1.807, 2.05) is 4.90 Å². The summed E-state index contributed by atoms with van der Waals surface area (Å²) in [7, 11) is 0. The molecular weight excluding hydrogens is 242 g/mol. The molecule has 3 atom stereocenters. The Bertz CT molecular complexity index is 378. The van der Waals surface area contributed by atoms with E-state index in [-0.39, 0.29) is 17.4 Å². The maximum absolute atomic E-state index is 12.7. The molecule has 0 aromatic rings. The van der Waals surface area contributed by atoms with Crippen molar-refractivity contribution in [3.8, 4) is 0 Å². The fourth-order valence-corrected chi connectivity index (χ4v) is 3.74. The molecule has 2 aliphatic rings. The van der Waals surface area contributed by atoms with Gasteiger partial charge in [-0.15, -0.1) is 0 Å². The van der Waals surface area contributed by atoms with Crippen molar-refractivity contribution < 1.29 is 14.7 Å². The average molecular weight is 267 g/mol. The molecule has 2 rings (SSSR count). The zero-order valence-electron chi connectivity index (χ0n) is 12.2. The number of carbonyl (C=O) groups excluding carboxylic acids is 1. The summed E-state index contributed by atoms with van der Waals surface area (Å²) in [6, 6.07) is 0. The second kappa shape index (κ2) is 5.14. The molecule has 1 aliphatic heterocycles. The number of nitrogens with zero attached hydrogens (tertiary/aromatic N) is 1. The molecule has 19 heavy (non-hydrogen) atoms. The molecule has 0 aromatic carbocycles. The van der Waals surface area contributed by atoms with Gasteiger partial charge in [0.1, 0.15) is 0 Å². The molecule has 0 spiro atoms. The zero-order chi connectivity index (χ0) is 14.2. The smallest absolute Gasteiger partial charge is 0.307 e. The Kier molecular flexibility index (Phi) is 3.88. The topological polar surface area (TPSA) is 57.6 Å². The summed E-state index contributed by atoms with van der Waals surface area (Å²) >= 11 is 0. The fraction of sp³-hybridized carbons (Fsp3) is 0.867. The van der Waals surface area contributed by atoms with Crippen LogP contribution in [0.25, 0.3) is 0 Å². The van der Waals surface area contributed by atoms with Crippen LogP contribution >= 0.6 is 0 Å². The molecule has 1 unspecified atom stereocenters. The third-order valence-corrected chi connectivity index (χ3v) is 5.04. The van der Waals surface area contributed by atoms with Crippen LogP contribution in [0.2, 0.25) is 0 Å². The Labute approximate surface area is 115 Å². The van der Waals surface area contributed by atoms with Crippen molar-refractivity contribution >= 4 is 11.9 Å². The molecule has 1 amide bonds. The van der Waals surface area contributed by atoms with Gasteiger partial charge in [0.25, 0.3) is 0 Å². The van der Waals surface area contributed by atoms with Crippen LogP contribution in [0.3, 0.4) is 0 Å². The first kappa shape index (κ1) is 14.4. The molecule has 108 valence electrons. The van der Waals surface area contributed by atoms with Crippen LogP contribution in [0.4, 0.5) is 0 Å². The largest absolute Gasteiger partial charge is 0.481 e. The van der Waals surface area contributed by atoms with Crippen LogP contribution in [0.15, 0.2) is 0 Å². The van der Waals surface area contributed by atoms with Crippen LogP contribution in [0, 0.1) is 17.8 Å². The Morgan fingerprint density at radius 2 is 1.89 bits per heavy atom. The van der Waals surface area contributed by atoms with Crippen molar-refractivity contribution in [2.45, 2.75) is 58.4 Å². The Morgan fingerprint density at radius 3 is 2.37 bits per heavy atom. The van der Waals surface area contributed by atoms with E-state index in [0.29, 0.717) is 12.3 Å². The summed E-state index contributed by atoms with van der Waals surface area (Å²) in [6.07, 6.45) is 4.42. The number of hydrogen-bond acceptors (Lipinski definition) is 2. The van der Waals surface area contributed by atoms with E-state index in [1.165, 1.54) is 0 Å². The highest BCUT2D eigenvalue weighted by Gasteiger charge is 2.46. The number of carbonyl (C=O) groups is 2. The first-order valence-electron chi connectivity index (χ1n) is 7.41. The SMILES string of the molecule is CCC1C[C@H](C(=O)N2CCCC2(C)C)[C@H](C(=O)O)C1. The summed E-state index contributed by atoms with van der Waals surface area (Å²) < 4.78 is 0. The normalized spacial score (nSPS) is 33.6. The number of carboxylic acid groups (broad SMARTS) is 1. The predicted octanol–water partition coefficient (Wildman–Crippen LogP) is 2.52. The summed E-state index contributed by atoms with van der Waals surface area (Å²) in [5.74, 6) is -1.12. The molecule has 0 bridgehead atoms. The monoisotopic (exact) mass is 267 g/mol. The highest BCUT2D eigenvalue weighted by atomic mass is 16.4. The molecule has 1 heterocycles. The average Bonchev–Trinajstić information content (AvgIpc) is 2.91. The van der Waals surface area contributed by atoms with Crippen LogP contribution in [-0.2, 0) is 9.59 Å². The first-order valence-corrected chi connectivity index (χ1v) is 7.41. The van der Waals surface area contributed by atoms with Crippen molar-refractivity contribution in [2.75, 3.05) is 6.54 Å². The lowest BCUT2D eigenvalue weighted by Gasteiger charge is -2.34. The van der Waals surface area contributed by atoms with Crippen LogP contribution in [0.1, 0.15) is 52.9 Å². The van der Waals surface area contributed by atoms with E-state index >= 15 is 0 Å². The molecule has 0 radical (unpaired) electrons. The zero-order valence-corrected chi connectivity index (χ0v) is 12.2. The molecule has 4 nitrogen and oxygen atoms in total. The van der Waals surface area contributed by atoms with Crippen molar-refractivity contribution in [3.05, 3.63) is 0 Å². The van der Waals surface area contributed by atoms with Crippen LogP contribution in [0.5, 0.6) is 0 Å². The summed E-state index contributed by atoms with van der Waals surface area (Å²) in [5, 5.41) is 9.35. The molecule has 1 saturated heterocycles. The number of carboxylic acids is 1. The minimum absolute atomic E-state index is 0.0749. The van der Waals surface area contributed by atoms with Gasteiger partial charge in [0.2, 0.25) is 5.91 Å². The molecule has 4 heteroatoms. The maximum atomic E-state index is 12.7. The van der Waals surface area contributed by atoms with Gasteiger partial charge in [-0.3, -0.25) is 9.59 Å². The number of likely N-dealkylation sites (tertiary alicyclic amines) is 1. The Hall–Kier alpha value is -1.06. The lowest BCUT2D eigenvalue weighted by Crippen LogP contribution is -2.47. The first-order chi connectivity index (χ1) is 8.86. The van der Waals surface area contributed by atoms with Gasteiger partial charge in [-0.25, -0.2) is 0 Å². The van der Waals surface area contributed by atoms with Gasteiger partial charge in [-0.05, 0) is 45.4 Å². The quantitative estimate of drug-likeness (QED) is 0.854. The Morgan fingerprint density at radius 1 is 1.26 bits per heavy atom. The standard InChI is InChI=1S/C15H25NO3/c1-4-10-8-11(12(9-10)14(18)19)13(17)16-7-5-6-15(16,2)3/h10-12H,4-9H2,1-3H3,(H,18,19)/t10?,11-,12+/m0/s1. The van der Waals surface area contributed by atoms with E-state index < -0.39 is 11.9 Å². The third kappa shape index (κ3) is 2.63. The predicted molar refractivity (Wildman–Crippen MR) is 72.7 cm³/mol. The van der Waals surface area contributed by atoms with E-state index in [4.69, 9.17) is 0 Å². The second-order valence-corrected chi connectivity index (χ2v) is 6.70. The van der Waals surface area contributed by atoms with Gasteiger partial charge in [0.05, 0.1) is 11.8 Å². The molecule has 2 fully saturated rings. The van der Waals surface area contributed by atoms with E-state index in [2.05, 4.69) is 20.8 Å². The van der Waals surface area contributed by atoms with Gasteiger partial charge < -0.3 is 10.0 Å². The third-order valence-electron chi connectivity index (χ3n) is 5.04. The minimum atomic E-state index is -0.800. The van der Waals surface area contributed by atoms with Crippen LogP contribution < -0.4 is 0 Å². The number of amides is 1. The van der Waals surface area contributed by atoms with Gasteiger partial charge in [0, 0.05) is 12.1 Å². The highest BCUT2D eigenvalue weighted by molar-refractivity contribution is 5.86. The molecule has 1 saturated carbocycles. The van der Waals surface area contributed by atoms with Gasteiger partial charge in [-0.1, -0.05) is 13.3 Å². The molecule has 1 aliphatic carbocycles. The molecule has 1 N–H and O–H groups in total. The van der Waals surface area contributed by atoms with E-state index in [0.717, 1.165) is 32.2 Å². The van der Waals surface area contributed by atoms with Crippen molar-refractivity contribution in [1.82, 2.24) is 4.90 Å². The molecular formula is C15H25NO3. The molecule has 0 aromatic heterocycles. The lowest BCUT2D eigenvalue weighted by atomic mass is 9.92. The summed E-state index contributed by atoms with van der Waals surface area (Å²) in [4.78, 5) is 26.0. The maximum Gasteiger partial charge on any atom is 0.307 e. The van der Waals surface area contributed by atoms with E-state index in [1.54, 1.807) is 0 Å². The van der Waals surface area contributed by atoms with Crippen molar-refractivity contribution in [3.63, 3.8) is 0 Å². The van der Waals surface area contributed by atoms with Gasteiger partial charge >= 0.3 is 5.97 Å². The lowest BCUT2D eigenvalue weighted by molar-refractivity contribution is -0.150.